The van der Waals surface area contributed by atoms with Crippen LogP contribution in [0.5, 0.6) is 0 Å². The van der Waals surface area contributed by atoms with Crippen LogP contribution in [-0.4, -0.2) is 54.1 Å². The molecule has 0 bridgehead atoms. The Bertz CT molecular complexity index is 288. The van der Waals surface area contributed by atoms with Crippen molar-refractivity contribution in [2.45, 2.75) is 47.1 Å². The topological polar surface area (TPSA) is 20.3 Å². The molecule has 17 heavy (non-hydrogen) atoms. The van der Waals surface area contributed by atoms with E-state index in [1.807, 2.05) is 25.7 Å². The van der Waals surface area contributed by atoms with Crippen molar-refractivity contribution < 1.29 is 9.28 Å². The summed E-state index contributed by atoms with van der Waals surface area (Å²) in [7, 11) is 2.30. The van der Waals surface area contributed by atoms with E-state index in [9.17, 15) is 4.79 Å². The Labute approximate surface area is 106 Å². The van der Waals surface area contributed by atoms with Gasteiger partial charge in [0.25, 0.3) is 0 Å². The minimum absolute atomic E-state index is 0.248. The van der Waals surface area contributed by atoms with Gasteiger partial charge in [0.15, 0.2) is 0 Å². The second-order valence-corrected chi connectivity index (χ2v) is 7.56. The summed E-state index contributed by atoms with van der Waals surface area (Å²) in [4.78, 5) is 14.2. The lowest BCUT2D eigenvalue weighted by Crippen LogP contribution is -2.66. The molecule has 1 amide bonds. The second kappa shape index (κ2) is 4.27. The first-order valence-electron chi connectivity index (χ1n) is 6.61. The zero-order valence-electron chi connectivity index (χ0n) is 12.6. The molecule has 0 unspecified atom stereocenters. The Morgan fingerprint density at radius 3 is 1.71 bits per heavy atom. The quantitative estimate of drug-likeness (QED) is 0.595. The molecule has 0 saturated carbocycles. The summed E-state index contributed by atoms with van der Waals surface area (Å²) in [6.07, 6.45) is 0. The number of nitrogens with zero attached hydrogens (tertiary/aromatic N) is 2. The van der Waals surface area contributed by atoms with Gasteiger partial charge in [0.2, 0.25) is 5.91 Å². The highest BCUT2D eigenvalue weighted by atomic mass is 16.2. The number of hydrogen-bond acceptors (Lipinski definition) is 1. The molecule has 0 radical (unpaired) electrons. The predicted molar refractivity (Wildman–Crippen MR) is 71.7 cm³/mol. The van der Waals surface area contributed by atoms with Gasteiger partial charge < -0.3 is 9.38 Å². The van der Waals surface area contributed by atoms with E-state index in [0.717, 1.165) is 30.7 Å². The molecule has 1 aliphatic heterocycles. The van der Waals surface area contributed by atoms with Crippen LogP contribution in [0.3, 0.4) is 0 Å². The predicted octanol–water partition coefficient (Wildman–Crippen LogP) is 2.12. The number of quaternary nitrogens is 1. The molecule has 0 aliphatic carbocycles. The summed E-state index contributed by atoms with van der Waals surface area (Å²) >= 11 is 0. The standard InChI is InChI=1S/C14H29N2O/c1-13(2,3)12(17)15-8-10-16(7,11-9-15)14(4,5)6/h8-11H2,1-7H3/q+1. The van der Waals surface area contributed by atoms with Gasteiger partial charge in [-0.05, 0) is 20.8 Å². The molecule has 1 fully saturated rings. The van der Waals surface area contributed by atoms with Gasteiger partial charge in [0.1, 0.15) is 0 Å². The smallest absolute Gasteiger partial charge is 0.228 e. The van der Waals surface area contributed by atoms with Crippen molar-refractivity contribution in [3.63, 3.8) is 0 Å². The third-order valence-electron chi connectivity index (χ3n) is 4.28. The van der Waals surface area contributed by atoms with Crippen LogP contribution < -0.4 is 0 Å². The molecule has 0 aromatic rings. The lowest BCUT2D eigenvalue weighted by atomic mass is 9.93. The molecule has 1 rings (SSSR count). The molecule has 0 aromatic carbocycles. The summed E-state index contributed by atoms with van der Waals surface area (Å²) in [6, 6.07) is 0. The van der Waals surface area contributed by atoms with E-state index in [1.165, 1.54) is 0 Å². The van der Waals surface area contributed by atoms with Gasteiger partial charge in [-0.15, -0.1) is 0 Å². The summed E-state index contributed by atoms with van der Waals surface area (Å²) < 4.78 is 1.06. The van der Waals surface area contributed by atoms with Crippen LogP contribution in [-0.2, 0) is 4.79 Å². The van der Waals surface area contributed by atoms with Gasteiger partial charge in [-0.2, -0.15) is 0 Å². The number of amides is 1. The highest BCUT2D eigenvalue weighted by Crippen LogP contribution is 2.26. The minimum atomic E-state index is -0.248. The normalized spacial score (nSPS) is 21.5. The number of carbonyl (C=O) groups is 1. The van der Waals surface area contributed by atoms with Crippen LogP contribution >= 0.6 is 0 Å². The number of likely N-dealkylation sites (N-methyl/N-ethyl adjacent to an activating group) is 1. The lowest BCUT2D eigenvalue weighted by molar-refractivity contribution is -0.956. The number of piperazine rings is 1. The molecule has 1 saturated heterocycles. The zero-order valence-corrected chi connectivity index (χ0v) is 12.6. The fraction of sp³-hybridized carbons (Fsp3) is 0.929. The largest absolute Gasteiger partial charge is 0.331 e. The molecule has 1 aliphatic rings. The van der Waals surface area contributed by atoms with Crippen molar-refractivity contribution in [2.24, 2.45) is 5.41 Å². The molecule has 0 N–H and O–H groups in total. The third kappa shape index (κ3) is 3.01. The van der Waals surface area contributed by atoms with Crippen molar-refractivity contribution in [3.8, 4) is 0 Å². The third-order valence-corrected chi connectivity index (χ3v) is 4.28. The van der Waals surface area contributed by atoms with Crippen molar-refractivity contribution in [1.29, 1.82) is 0 Å². The average Bonchev–Trinajstić information content (AvgIpc) is 2.15. The highest BCUT2D eigenvalue weighted by molar-refractivity contribution is 5.81. The summed E-state index contributed by atoms with van der Waals surface area (Å²) in [5, 5.41) is 0. The zero-order chi connectivity index (χ0) is 13.5. The maximum Gasteiger partial charge on any atom is 0.228 e. The fourth-order valence-corrected chi connectivity index (χ4v) is 2.25. The molecule has 0 aromatic heterocycles. The fourth-order valence-electron chi connectivity index (χ4n) is 2.25. The van der Waals surface area contributed by atoms with Crippen molar-refractivity contribution in [2.75, 3.05) is 33.2 Å². The Kier molecular flexibility index (Phi) is 3.64. The Balaban J connectivity index is 2.67. The van der Waals surface area contributed by atoms with E-state index in [-0.39, 0.29) is 16.9 Å². The van der Waals surface area contributed by atoms with Crippen LogP contribution in [0.4, 0.5) is 0 Å². The van der Waals surface area contributed by atoms with Gasteiger partial charge >= 0.3 is 0 Å². The van der Waals surface area contributed by atoms with Crippen molar-refractivity contribution in [1.82, 2.24) is 4.90 Å². The van der Waals surface area contributed by atoms with Gasteiger partial charge in [-0.25, -0.2) is 0 Å². The van der Waals surface area contributed by atoms with Gasteiger partial charge in [-0.1, -0.05) is 20.8 Å². The van der Waals surface area contributed by atoms with E-state index in [2.05, 4.69) is 27.8 Å². The molecule has 0 atom stereocenters. The van der Waals surface area contributed by atoms with Gasteiger partial charge in [0.05, 0.1) is 38.8 Å². The van der Waals surface area contributed by atoms with Crippen molar-refractivity contribution in [3.05, 3.63) is 0 Å². The molecule has 3 nitrogen and oxygen atoms in total. The van der Waals surface area contributed by atoms with Crippen LogP contribution in [0.25, 0.3) is 0 Å². The highest BCUT2D eigenvalue weighted by Gasteiger charge is 2.41. The molecule has 3 heteroatoms. The Morgan fingerprint density at radius 2 is 1.41 bits per heavy atom. The molecule has 1 heterocycles. The van der Waals surface area contributed by atoms with Gasteiger partial charge in [0, 0.05) is 5.41 Å². The van der Waals surface area contributed by atoms with E-state index < -0.39 is 0 Å². The number of hydrogen-bond donors (Lipinski definition) is 0. The first-order valence-corrected chi connectivity index (χ1v) is 6.61. The van der Waals surface area contributed by atoms with E-state index >= 15 is 0 Å². The summed E-state index contributed by atoms with van der Waals surface area (Å²) in [5.41, 5.74) is 0.0132. The first kappa shape index (κ1) is 14.5. The molecular weight excluding hydrogens is 212 g/mol. The first-order chi connectivity index (χ1) is 7.47. The molecule has 100 valence electrons. The van der Waals surface area contributed by atoms with Crippen LogP contribution in [0.15, 0.2) is 0 Å². The SMILES string of the molecule is CC(C)(C)C(=O)N1CC[N+](C)(C(C)(C)C)CC1. The average molecular weight is 241 g/mol. The maximum absolute atomic E-state index is 12.2. The Morgan fingerprint density at radius 1 is 1.00 bits per heavy atom. The minimum Gasteiger partial charge on any atom is -0.331 e. The summed E-state index contributed by atoms with van der Waals surface area (Å²) in [6.45, 7) is 16.8. The maximum atomic E-state index is 12.2. The number of carbonyl (C=O) groups excluding carboxylic acids is 1. The van der Waals surface area contributed by atoms with Crippen LogP contribution in [0.1, 0.15) is 41.5 Å². The summed E-state index contributed by atoms with van der Waals surface area (Å²) in [5.74, 6) is 0.289. The van der Waals surface area contributed by atoms with Crippen molar-refractivity contribution >= 4 is 5.91 Å². The molecule has 0 spiro atoms. The number of rotatable bonds is 0. The Hall–Kier alpha value is -0.570. The van der Waals surface area contributed by atoms with E-state index in [1.54, 1.807) is 0 Å². The van der Waals surface area contributed by atoms with E-state index in [4.69, 9.17) is 0 Å². The van der Waals surface area contributed by atoms with Crippen LogP contribution in [0, 0.1) is 5.41 Å². The second-order valence-electron chi connectivity index (χ2n) is 7.56. The van der Waals surface area contributed by atoms with E-state index in [0.29, 0.717) is 0 Å². The monoisotopic (exact) mass is 241 g/mol. The van der Waals surface area contributed by atoms with Gasteiger partial charge in [-0.3, -0.25) is 4.79 Å². The molecular formula is C14H29N2O+. The van der Waals surface area contributed by atoms with Crippen LogP contribution in [0.2, 0.25) is 0 Å². The lowest BCUT2D eigenvalue weighted by Gasteiger charge is -2.50.